The van der Waals surface area contributed by atoms with Gasteiger partial charge < -0.3 is 14.6 Å². The number of benzene rings is 1. The first-order valence-corrected chi connectivity index (χ1v) is 11.6. The quantitative estimate of drug-likeness (QED) is 0.622. The van der Waals surface area contributed by atoms with E-state index in [0.29, 0.717) is 22.9 Å². The summed E-state index contributed by atoms with van der Waals surface area (Å²) in [4.78, 5) is 18.1. The first-order chi connectivity index (χ1) is 16.3. The average Bonchev–Trinajstić information content (AvgIpc) is 2.83. The summed E-state index contributed by atoms with van der Waals surface area (Å²) >= 11 is 0. The van der Waals surface area contributed by atoms with Crippen molar-refractivity contribution < 1.29 is 13.9 Å². The number of aromatic hydroxyl groups is 1. The van der Waals surface area contributed by atoms with Crippen LogP contribution in [0.3, 0.4) is 0 Å². The SMILES string of the molecule is CN(c1cnc(-c2ccc(-c3cc(=O)n(C)cc3F)cc2O)nn1)[C@H]1C[C@@H]2CCC[C@@H](C2)[C@H]1F. The molecular weight excluding hydrogens is 440 g/mol. The highest BCUT2D eigenvalue weighted by Crippen LogP contribution is 2.43. The number of fused-ring (bicyclic) bond motifs is 2. The van der Waals surface area contributed by atoms with Gasteiger partial charge in [0.1, 0.15) is 17.7 Å². The molecule has 0 amide bonds. The Hall–Kier alpha value is -3.36. The molecule has 0 radical (unpaired) electrons. The highest BCUT2D eigenvalue weighted by Gasteiger charge is 2.42. The Balaban J connectivity index is 1.37. The van der Waals surface area contributed by atoms with E-state index in [-0.39, 0.29) is 34.7 Å². The molecule has 178 valence electrons. The van der Waals surface area contributed by atoms with Crippen LogP contribution in [0, 0.1) is 17.7 Å². The second kappa shape index (κ2) is 8.77. The van der Waals surface area contributed by atoms with Crippen LogP contribution in [0.2, 0.25) is 0 Å². The van der Waals surface area contributed by atoms with Crippen LogP contribution in [-0.2, 0) is 7.05 Å². The van der Waals surface area contributed by atoms with Gasteiger partial charge in [0.05, 0.1) is 17.8 Å². The maximum Gasteiger partial charge on any atom is 0.251 e. The smallest absolute Gasteiger partial charge is 0.251 e. The molecule has 5 rings (SSSR count). The van der Waals surface area contributed by atoms with Crippen molar-refractivity contribution in [3.63, 3.8) is 0 Å². The Morgan fingerprint density at radius 2 is 1.97 bits per heavy atom. The molecule has 4 atom stereocenters. The fraction of sp³-hybridized carbons (Fsp3) is 0.440. The highest BCUT2D eigenvalue weighted by molar-refractivity contribution is 5.73. The first kappa shape index (κ1) is 22.4. The molecule has 2 aliphatic carbocycles. The Kier molecular flexibility index (Phi) is 5.79. The van der Waals surface area contributed by atoms with E-state index in [1.165, 1.54) is 25.4 Å². The van der Waals surface area contributed by atoms with Crippen LogP contribution < -0.4 is 10.5 Å². The van der Waals surface area contributed by atoms with Gasteiger partial charge in [0.2, 0.25) is 0 Å². The Bertz CT molecular complexity index is 1260. The van der Waals surface area contributed by atoms with Gasteiger partial charge in [-0.1, -0.05) is 18.9 Å². The van der Waals surface area contributed by atoms with Crippen molar-refractivity contribution in [1.29, 1.82) is 0 Å². The summed E-state index contributed by atoms with van der Waals surface area (Å²) < 4.78 is 30.6. The number of rotatable bonds is 4. The van der Waals surface area contributed by atoms with Crippen LogP contribution in [0.15, 0.2) is 41.5 Å². The fourth-order valence-electron chi connectivity index (χ4n) is 5.42. The van der Waals surface area contributed by atoms with Crippen molar-refractivity contribution in [2.24, 2.45) is 18.9 Å². The van der Waals surface area contributed by atoms with Crippen molar-refractivity contribution in [3.8, 4) is 28.3 Å². The lowest BCUT2D eigenvalue weighted by molar-refractivity contribution is 0.0656. The van der Waals surface area contributed by atoms with Crippen LogP contribution in [-0.4, -0.2) is 44.1 Å². The van der Waals surface area contributed by atoms with E-state index in [1.807, 2.05) is 11.9 Å². The molecule has 9 heteroatoms. The minimum Gasteiger partial charge on any atom is -0.507 e. The second-order valence-corrected chi connectivity index (χ2v) is 9.51. The van der Waals surface area contributed by atoms with E-state index in [4.69, 9.17) is 0 Å². The molecule has 0 aliphatic heterocycles. The van der Waals surface area contributed by atoms with E-state index in [9.17, 15) is 14.3 Å². The molecule has 7 nitrogen and oxygen atoms in total. The summed E-state index contributed by atoms with van der Waals surface area (Å²) in [5.41, 5.74) is 0.422. The number of aryl methyl sites for hydroxylation is 1. The lowest BCUT2D eigenvalue weighted by Crippen LogP contribution is -2.49. The van der Waals surface area contributed by atoms with Crippen molar-refractivity contribution in [1.82, 2.24) is 19.7 Å². The molecule has 2 bridgehead atoms. The predicted octanol–water partition coefficient (Wildman–Crippen LogP) is 4.10. The Morgan fingerprint density at radius 3 is 2.71 bits per heavy atom. The summed E-state index contributed by atoms with van der Waals surface area (Å²) in [5.74, 6) is 0.619. The molecule has 1 aromatic carbocycles. The van der Waals surface area contributed by atoms with Gasteiger partial charge in [-0.3, -0.25) is 4.79 Å². The molecule has 0 unspecified atom stereocenters. The van der Waals surface area contributed by atoms with Crippen LogP contribution in [0.4, 0.5) is 14.6 Å². The largest absolute Gasteiger partial charge is 0.507 e. The topological polar surface area (TPSA) is 84.1 Å². The van der Waals surface area contributed by atoms with E-state index in [0.717, 1.165) is 42.9 Å². The van der Waals surface area contributed by atoms with Gasteiger partial charge in [0, 0.05) is 31.9 Å². The third-order valence-electron chi connectivity index (χ3n) is 7.35. The number of phenols is 1. The molecule has 0 spiro atoms. The van der Waals surface area contributed by atoms with Gasteiger partial charge in [-0.05, 0) is 48.8 Å². The highest BCUT2D eigenvalue weighted by atomic mass is 19.1. The normalized spacial score (nSPS) is 24.1. The molecular formula is C25H27F2N5O2. The molecule has 2 aromatic heterocycles. The van der Waals surface area contributed by atoms with Crippen LogP contribution >= 0.6 is 0 Å². The zero-order valence-corrected chi connectivity index (χ0v) is 19.2. The number of hydrogen-bond acceptors (Lipinski definition) is 6. The first-order valence-electron chi connectivity index (χ1n) is 11.6. The number of phenolic OH excluding ortho intramolecular Hbond substituents is 1. The zero-order valence-electron chi connectivity index (χ0n) is 19.2. The number of alkyl halides is 1. The summed E-state index contributed by atoms with van der Waals surface area (Å²) in [6.45, 7) is 0. The third kappa shape index (κ3) is 4.03. The van der Waals surface area contributed by atoms with Crippen LogP contribution in [0.5, 0.6) is 5.75 Å². The zero-order chi connectivity index (χ0) is 24.0. The van der Waals surface area contributed by atoms with Crippen LogP contribution in [0.25, 0.3) is 22.5 Å². The van der Waals surface area contributed by atoms with Gasteiger partial charge in [-0.25, -0.2) is 13.8 Å². The second-order valence-electron chi connectivity index (χ2n) is 9.51. The lowest BCUT2D eigenvalue weighted by atomic mass is 9.69. The number of halogens is 2. The molecule has 1 N–H and O–H groups in total. The van der Waals surface area contributed by atoms with Crippen molar-refractivity contribution in [2.45, 2.75) is 44.3 Å². The van der Waals surface area contributed by atoms with Gasteiger partial charge >= 0.3 is 0 Å². The van der Waals surface area contributed by atoms with Crippen molar-refractivity contribution in [2.75, 3.05) is 11.9 Å². The molecule has 2 heterocycles. The number of nitrogens with zero attached hydrogens (tertiary/aromatic N) is 5. The summed E-state index contributed by atoms with van der Waals surface area (Å²) in [6.07, 6.45) is 6.74. The minimum absolute atomic E-state index is 0.0963. The summed E-state index contributed by atoms with van der Waals surface area (Å²) in [5, 5.41) is 19.0. The van der Waals surface area contributed by atoms with E-state index in [1.54, 1.807) is 12.1 Å². The van der Waals surface area contributed by atoms with Gasteiger partial charge in [-0.2, -0.15) is 0 Å². The Morgan fingerprint density at radius 1 is 1.15 bits per heavy atom. The van der Waals surface area contributed by atoms with E-state index >= 15 is 4.39 Å². The molecule has 2 saturated carbocycles. The summed E-state index contributed by atoms with van der Waals surface area (Å²) in [6, 6.07) is 5.45. The van der Waals surface area contributed by atoms with E-state index < -0.39 is 12.0 Å². The van der Waals surface area contributed by atoms with Gasteiger partial charge in [0.15, 0.2) is 11.6 Å². The predicted molar refractivity (Wildman–Crippen MR) is 125 cm³/mol. The number of aromatic nitrogens is 4. The lowest BCUT2D eigenvalue weighted by Gasteiger charge is -2.45. The number of pyridine rings is 1. The minimum atomic E-state index is -0.894. The molecule has 34 heavy (non-hydrogen) atoms. The molecule has 2 fully saturated rings. The fourth-order valence-corrected chi connectivity index (χ4v) is 5.42. The Labute approximate surface area is 196 Å². The average molecular weight is 468 g/mol. The van der Waals surface area contributed by atoms with Crippen molar-refractivity contribution >= 4 is 5.82 Å². The monoisotopic (exact) mass is 467 g/mol. The maximum absolute atomic E-state index is 15.1. The number of hydrogen-bond donors (Lipinski definition) is 1. The third-order valence-corrected chi connectivity index (χ3v) is 7.35. The molecule has 0 saturated heterocycles. The molecule has 2 aliphatic rings. The van der Waals surface area contributed by atoms with Crippen LogP contribution in [0.1, 0.15) is 32.1 Å². The number of anilines is 1. The summed E-state index contributed by atoms with van der Waals surface area (Å²) in [7, 11) is 3.30. The van der Waals surface area contributed by atoms with Crippen molar-refractivity contribution in [3.05, 3.63) is 52.8 Å². The van der Waals surface area contributed by atoms with Gasteiger partial charge in [0.25, 0.3) is 5.56 Å². The standard InChI is InChI=1S/C25H27F2N5O2/c1-31-13-19(26)18(11-23(31)34)15-6-7-17(21(33)10-15)25-28-12-22(29-30-25)32(2)20-9-14-4-3-5-16(8-14)24(20)27/h6-7,10-14,16,20,24,33H,3-5,8-9H2,1-2H3/t14-,16+,20+,24-/m1/s1. The van der Waals surface area contributed by atoms with Gasteiger partial charge in [-0.15, -0.1) is 10.2 Å². The van der Waals surface area contributed by atoms with E-state index in [2.05, 4.69) is 15.2 Å². The molecule has 3 aromatic rings. The maximum atomic E-state index is 15.1.